The predicted molar refractivity (Wildman–Crippen MR) is 77.7 cm³/mol. The lowest BCUT2D eigenvalue weighted by molar-refractivity contribution is 0.0643. The van der Waals surface area contributed by atoms with Gasteiger partial charge in [-0.2, -0.15) is 5.10 Å². The van der Waals surface area contributed by atoms with Crippen LogP contribution in [0.4, 0.5) is 5.69 Å². The number of ether oxygens (including phenoxy) is 1. The number of aromatic nitrogens is 2. The zero-order chi connectivity index (χ0) is 13.9. The van der Waals surface area contributed by atoms with E-state index in [0.29, 0.717) is 27.9 Å². The molecule has 0 atom stereocenters. The molecule has 1 amide bonds. The number of fused-ring (bicyclic) bond motifs is 1. The summed E-state index contributed by atoms with van der Waals surface area (Å²) in [6.07, 6.45) is 3.57. The van der Waals surface area contributed by atoms with Crippen LogP contribution in [0.25, 0.3) is 10.2 Å². The molecule has 3 N–H and O–H groups in total. The van der Waals surface area contributed by atoms with Gasteiger partial charge in [-0.15, -0.1) is 16.4 Å². The molecular formula is C13H16N4O2S. The number of thiophene rings is 1. The minimum absolute atomic E-state index is 0.128. The van der Waals surface area contributed by atoms with Gasteiger partial charge < -0.3 is 15.8 Å². The van der Waals surface area contributed by atoms with Gasteiger partial charge in [-0.1, -0.05) is 0 Å². The largest absolute Gasteiger partial charge is 0.397 e. The predicted octanol–water partition coefficient (Wildman–Crippen LogP) is 1.43. The maximum Gasteiger partial charge on any atom is 0.263 e. The zero-order valence-corrected chi connectivity index (χ0v) is 11.8. The van der Waals surface area contributed by atoms with E-state index in [1.807, 2.05) is 0 Å². The molecule has 1 fully saturated rings. The Labute approximate surface area is 120 Å². The van der Waals surface area contributed by atoms with Crippen molar-refractivity contribution >= 4 is 33.1 Å². The number of anilines is 1. The summed E-state index contributed by atoms with van der Waals surface area (Å²) in [6, 6.07) is 1.78. The monoisotopic (exact) mass is 292 g/mol. The topological polar surface area (TPSA) is 90.1 Å². The van der Waals surface area contributed by atoms with Crippen LogP contribution < -0.4 is 11.1 Å². The number of carbonyl (C=O) groups excluding carboxylic acids is 1. The highest BCUT2D eigenvalue weighted by Gasteiger charge is 2.19. The molecule has 6 nitrogen and oxygen atoms in total. The molecule has 1 aliphatic rings. The third-order valence-corrected chi connectivity index (χ3v) is 4.62. The van der Waals surface area contributed by atoms with Crippen molar-refractivity contribution < 1.29 is 9.53 Å². The average Bonchev–Trinajstić information content (AvgIpc) is 2.84. The molecule has 0 aromatic carbocycles. The number of carbonyl (C=O) groups is 1. The molecule has 3 heterocycles. The summed E-state index contributed by atoms with van der Waals surface area (Å²) in [5.74, 6) is 0.361. The second kappa shape index (κ2) is 5.72. The number of amides is 1. The molecule has 1 aliphatic heterocycles. The highest BCUT2D eigenvalue weighted by molar-refractivity contribution is 7.21. The third kappa shape index (κ3) is 2.59. The molecular weight excluding hydrogens is 276 g/mol. The number of nitrogens with one attached hydrogen (secondary N) is 1. The van der Waals surface area contributed by atoms with Gasteiger partial charge in [-0.05, 0) is 24.8 Å². The minimum Gasteiger partial charge on any atom is -0.397 e. The Morgan fingerprint density at radius 3 is 3.05 bits per heavy atom. The van der Waals surface area contributed by atoms with E-state index in [1.165, 1.54) is 11.3 Å². The molecule has 0 radical (unpaired) electrons. The van der Waals surface area contributed by atoms with Crippen molar-refractivity contribution in [2.75, 3.05) is 25.5 Å². The van der Waals surface area contributed by atoms with E-state index >= 15 is 0 Å². The van der Waals surface area contributed by atoms with Crippen molar-refractivity contribution in [3.63, 3.8) is 0 Å². The molecule has 0 aliphatic carbocycles. The van der Waals surface area contributed by atoms with Gasteiger partial charge >= 0.3 is 0 Å². The second-order valence-corrected chi connectivity index (χ2v) is 5.86. The van der Waals surface area contributed by atoms with Gasteiger partial charge in [0, 0.05) is 25.1 Å². The normalized spacial score (nSPS) is 16.4. The Morgan fingerprint density at radius 2 is 2.30 bits per heavy atom. The summed E-state index contributed by atoms with van der Waals surface area (Å²) in [5, 5.41) is 11.5. The van der Waals surface area contributed by atoms with Gasteiger partial charge in [-0.3, -0.25) is 4.79 Å². The Balaban J connectivity index is 1.70. The van der Waals surface area contributed by atoms with Gasteiger partial charge in [0.25, 0.3) is 5.91 Å². The van der Waals surface area contributed by atoms with Crippen LogP contribution >= 0.6 is 11.3 Å². The fourth-order valence-corrected chi connectivity index (χ4v) is 3.26. The maximum atomic E-state index is 12.2. The molecule has 0 saturated carbocycles. The fourth-order valence-electron chi connectivity index (χ4n) is 2.31. The first-order chi connectivity index (χ1) is 9.75. The number of hydrogen-bond acceptors (Lipinski definition) is 6. The SMILES string of the molecule is Nc1c(C(=O)NCC2CCOCC2)sc2nnccc12. The molecule has 0 unspecified atom stereocenters. The van der Waals surface area contributed by atoms with Gasteiger partial charge in [0.1, 0.15) is 9.71 Å². The van der Waals surface area contributed by atoms with Crippen molar-refractivity contribution in [1.29, 1.82) is 0 Å². The van der Waals surface area contributed by atoms with E-state index in [2.05, 4.69) is 15.5 Å². The third-order valence-electron chi connectivity index (χ3n) is 3.52. The van der Waals surface area contributed by atoms with Crippen LogP contribution in [0, 0.1) is 5.92 Å². The summed E-state index contributed by atoms with van der Waals surface area (Å²) in [6.45, 7) is 2.23. The molecule has 1 saturated heterocycles. The lowest BCUT2D eigenvalue weighted by Gasteiger charge is -2.22. The van der Waals surface area contributed by atoms with Gasteiger partial charge in [0.2, 0.25) is 0 Å². The highest BCUT2D eigenvalue weighted by Crippen LogP contribution is 2.31. The van der Waals surface area contributed by atoms with Crippen molar-refractivity contribution in [1.82, 2.24) is 15.5 Å². The van der Waals surface area contributed by atoms with E-state index in [-0.39, 0.29) is 5.91 Å². The molecule has 0 spiro atoms. The van der Waals surface area contributed by atoms with E-state index in [9.17, 15) is 4.79 Å². The van der Waals surface area contributed by atoms with E-state index in [0.717, 1.165) is 31.4 Å². The van der Waals surface area contributed by atoms with Crippen LogP contribution in [0.5, 0.6) is 0 Å². The smallest absolute Gasteiger partial charge is 0.263 e. The van der Waals surface area contributed by atoms with E-state index in [1.54, 1.807) is 12.3 Å². The first kappa shape index (κ1) is 13.3. The molecule has 0 bridgehead atoms. The molecule has 3 rings (SSSR count). The Hall–Kier alpha value is -1.73. The van der Waals surface area contributed by atoms with Gasteiger partial charge in [-0.25, -0.2) is 0 Å². The summed E-state index contributed by atoms with van der Waals surface area (Å²) in [4.78, 5) is 13.4. The van der Waals surface area contributed by atoms with Gasteiger partial charge in [0.15, 0.2) is 0 Å². The van der Waals surface area contributed by atoms with E-state index in [4.69, 9.17) is 10.5 Å². The van der Waals surface area contributed by atoms with Gasteiger partial charge in [0.05, 0.1) is 11.9 Å². The standard InChI is InChI=1S/C13H16N4O2S/c14-10-9-1-4-16-17-13(9)20-11(10)12(18)15-7-8-2-5-19-6-3-8/h1,4,8H,2-3,5-7,14H2,(H,15,18). The Bertz CT molecular complexity index is 622. The van der Waals surface area contributed by atoms with Crippen LogP contribution in [-0.4, -0.2) is 35.9 Å². The van der Waals surface area contributed by atoms with Crippen molar-refractivity contribution in [2.45, 2.75) is 12.8 Å². The van der Waals surface area contributed by atoms with Crippen molar-refractivity contribution in [3.05, 3.63) is 17.1 Å². The van der Waals surface area contributed by atoms with Crippen LogP contribution in [0.15, 0.2) is 12.3 Å². The molecule has 2 aromatic rings. The molecule has 20 heavy (non-hydrogen) atoms. The number of nitrogen functional groups attached to an aromatic ring is 1. The first-order valence-electron chi connectivity index (χ1n) is 6.61. The van der Waals surface area contributed by atoms with Crippen LogP contribution in [0.3, 0.4) is 0 Å². The average molecular weight is 292 g/mol. The lowest BCUT2D eigenvalue weighted by Crippen LogP contribution is -2.32. The summed E-state index contributed by atoms with van der Waals surface area (Å²) in [7, 11) is 0. The lowest BCUT2D eigenvalue weighted by atomic mass is 10.0. The minimum atomic E-state index is -0.128. The zero-order valence-electron chi connectivity index (χ0n) is 11.0. The Kier molecular flexibility index (Phi) is 3.79. The van der Waals surface area contributed by atoms with Crippen LogP contribution in [0.2, 0.25) is 0 Å². The number of rotatable bonds is 3. The highest BCUT2D eigenvalue weighted by atomic mass is 32.1. The number of nitrogens with zero attached hydrogens (tertiary/aromatic N) is 2. The van der Waals surface area contributed by atoms with E-state index < -0.39 is 0 Å². The quantitative estimate of drug-likeness (QED) is 0.893. The maximum absolute atomic E-state index is 12.2. The molecule has 2 aromatic heterocycles. The number of nitrogens with two attached hydrogens (primary N) is 1. The molecule has 106 valence electrons. The summed E-state index contributed by atoms with van der Waals surface area (Å²) >= 11 is 1.28. The summed E-state index contributed by atoms with van der Waals surface area (Å²) in [5.41, 5.74) is 6.50. The first-order valence-corrected chi connectivity index (χ1v) is 7.43. The Morgan fingerprint density at radius 1 is 1.50 bits per heavy atom. The van der Waals surface area contributed by atoms with Crippen molar-refractivity contribution in [3.8, 4) is 0 Å². The van der Waals surface area contributed by atoms with Crippen LogP contribution in [-0.2, 0) is 4.74 Å². The van der Waals surface area contributed by atoms with Crippen LogP contribution in [0.1, 0.15) is 22.5 Å². The number of hydrogen-bond donors (Lipinski definition) is 2. The molecule has 7 heteroatoms. The second-order valence-electron chi connectivity index (χ2n) is 4.86. The summed E-state index contributed by atoms with van der Waals surface area (Å²) < 4.78 is 5.30. The fraction of sp³-hybridized carbons (Fsp3) is 0.462. The van der Waals surface area contributed by atoms with Crippen molar-refractivity contribution in [2.24, 2.45) is 5.92 Å².